The van der Waals surface area contributed by atoms with Crippen LogP contribution >= 0.6 is 23.2 Å². The highest BCUT2D eigenvalue weighted by molar-refractivity contribution is 6.35. The first-order valence-corrected chi connectivity index (χ1v) is 8.80. The Kier molecular flexibility index (Phi) is 5.66. The van der Waals surface area contributed by atoms with Gasteiger partial charge < -0.3 is 14.6 Å². The van der Waals surface area contributed by atoms with Gasteiger partial charge in [0.15, 0.2) is 0 Å². The number of likely N-dealkylation sites (tertiary alicyclic amines) is 1. The van der Waals surface area contributed by atoms with E-state index in [-0.39, 0.29) is 24.2 Å². The number of nitrogens with zero attached hydrogens (tertiary/aromatic N) is 1. The van der Waals surface area contributed by atoms with Gasteiger partial charge in [0.25, 0.3) is 0 Å². The number of rotatable bonds is 6. The topological polar surface area (TPSA) is 62.6 Å². The fourth-order valence-corrected chi connectivity index (χ4v) is 3.38. The summed E-state index contributed by atoms with van der Waals surface area (Å²) < 4.78 is 5.26. The Balaban J connectivity index is 1.47. The van der Waals surface area contributed by atoms with Crippen molar-refractivity contribution in [2.75, 3.05) is 13.1 Å². The van der Waals surface area contributed by atoms with Gasteiger partial charge in [-0.3, -0.25) is 9.59 Å². The standard InChI is InChI=1S/C18H18Cl2N2O3/c19-14-4-3-12(16(20)9-14)5-6-21-18(24)13-8-17(23)22(10-13)11-15-2-1-7-25-15/h1-4,7,9,13H,5-6,8,10-11H2,(H,21,24)/t13-/m0/s1. The maximum atomic E-state index is 12.3. The van der Waals surface area contributed by atoms with Crippen molar-refractivity contribution in [2.45, 2.75) is 19.4 Å². The van der Waals surface area contributed by atoms with Gasteiger partial charge in [-0.1, -0.05) is 29.3 Å². The lowest BCUT2D eigenvalue weighted by Crippen LogP contribution is -2.34. The lowest BCUT2D eigenvalue weighted by molar-refractivity contribution is -0.129. The highest BCUT2D eigenvalue weighted by atomic mass is 35.5. The third-order valence-corrected chi connectivity index (χ3v) is 4.81. The molecule has 132 valence electrons. The zero-order valence-electron chi connectivity index (χ0n) is 13.5. The molecule has 3 rings (SSSR count). The maximum absolute atomic E-state index is 12.3. The van der Waals surface area contributed by atoms with Crippen LogP contribution in [-0.4, -0.2) is 29.8 Å². The van der Waals surface area contributed by atoms with Crippen LogP contribution in [0.4, 0.5) is 0 Å². The first kappa shape index (κ1) is 17.8. The van der Waals surface area contributed by atoms with E-state index in [1.54, 1.807) is 29.4 Å². The molecular formula is C18H18Cl2N2O3. The second kappa shape index (κ2) is 7.93. The van der Waals surface area contributed by atoms with Gasteiger partial charge in [0.05, 0.1) is 18.7 Å². The molecule has 2 heterocycles. The van der Waals surface area contributed by atoms with E-state index in [9.17, 15) is 9.59 Å². The van der Waals surface area contributed by atoms with E-state index in [4.69, 9.17) is 27.6 Å². The molecule has 1 aromatic carbocycles. The Labute approximate surface area is 155 Å². The van der Waals surface area contributed by atoms with Crippen LogP contribution in [0.1, 0.15) is 17.7 Å². The molecule has 0 radical (unpaired) electrons. The van der Waals surface area contributed by atoms with Crippen LogP contribution in [0.5, 0.6) is 0 Å². The van der Waals surface area contributed by atoms with E-state index >= 15 is 0 Å². The summed E-state index contributed by atoms with van der Waals surface area (Å²) in [7, 11) is 0. The predicted molar refractivity (Wildman–Crippen MR) is 95.4 cm³/mol. The van der Waals surface area contributed by atoms with E-state index < -0.39 is 0 Å². The Hall–Kier alpha value is -1.98. The van der Waals surface area contributed by atoms with Crippen molar-refractivity contribution in [3.63, 3.8) is 0 Å². The zero-order chi connectivity index (χ0) is 17.8. The molecule has 1 N–H and O–H groups in total. The second-order valence-electron chi connectivity index (χ2n) is 6.03. The number of carbonyl (C=O) groups is 2. The van der Waals surface area contributed by atoms with Gasteiger partial charge >= 0.3 is 0 Å². The highest BCUT2D eigenvalue weighted by Gasteiger charge is 2.34. The molecule has 2 amide bonds. The number of amides is 2. The van der Waals surface area contributed by atoms with Gasteiger partial charge in [0.1, 0.15) is 5.76 Å². The number of furan rings is 1. The van der Waals surface area contributed by atoms with Crippen molar-refractivity contribution in [1.29, 1.82) is 0 Å². The van der Waals surface area contributed by atoms with E-state index in [1.165, 1.54) is 0 Å². The molecule has 5 nitrogen and oxygen atoms in total. The summed E-state index contributed by atoms with van der Waals surface area (Å²) in [6, 6.07) is 8.90. The van der Waals surface area contributed by atoms with Crippen LogP contribution in [-0.2, 0) is 22.6 Å². The number of benzene rings is 1. The van der Waals surface area contributed by atoms with Gasteiger partial charge in [0, 0.05) is 29.6 Å². The molecule has 2 aromatic rings. The summed E-state index contributed by atoms with van der Waals surface area (Å²) in [4.78, 5) is 26.0. The zero-order valence-corrected chi connectivity index (χ0v) is 15.0. The first-order chi connectivity index (χ1) is 12.0. The van der Waals surface area contributed by atoms with Crippen LogP contribution in [0.3, 0.4) is 0 Å². The number of hydrogen-bond acceptors (Lipinski definition) is 3. The van der Waals surface area contributed by atoms with Gasteiger partial charge in [-0.25, -0.2) is 0 Å². The Bertz CT molecular complexity index is 762. The van der Waals surface area contributed by atoms with Crippen LogP contribution in [0.2, 0.25) is 10.0 Å². The molecule has 0 spiro atoms. The van der Waals surface area contributed by atoms with Gasteiger partial charge in [0.2, 0.25) is 11.8 Å². The summed E-state index contributed by atoms with van der Waals surface area (Å²) in [6.45, 7) is 1.27. The van der Waals surface area contributed by atoms with Gasteiger partial charge in [-0.2, -0.15) is 0 Å². The molecule has 25 heavy (non-hydrogen) atoms. The van der Waals surface area contributed by atoms with Crippen molar-refractivity contribution in [1.82, 2.24) is 10.2 Å². The SMILES string of the molecule is O=C(NCCc1ccc(Cl)cc1Cl)[C@H]1CC(=O)N(Cc2ccco2)C1. The van der Waals surface area contributed by atoms with Crippen molar-refractivity contribution in [3.8, 4) is 0 Å². The summed E-state index contributed by atoms with van der Waals surface area (Å²) in [5.41, 5.74) is 0.924. The van der Waals surface area contributed by atoms with E-state index in [0.29, 0.717) is 41.9 Å². The maximum Gasteiger partial charge on any atom is 0.225 e. The molecular weight excluding hydrogens is 363 g/mol. The minimum absolute atomic E-state index is 0.0303. The minimum atomic E-state index is -0.330. The summed E-state index contributed by atoms with van der Waals surface area (Å²) in [5.74, 6) is 0.243. The van der Waals surface area contributed by atoms with Gasteiger partial charge in [-0.15, -0.1) is 0 Å². The Morgan fingerprint density at radius 1 is 1.32 bits per heavy atom. The average molecular weight is 381 g/mol. The number of carbonyl (C=O) groups excluding carboxylic acids is 2. The fraction of sp³-hybridized carbons (Fsp3) is 0.333. The fourth-order valence-electron chi connectivity index (χ4n) is 2.88. The molecule has 1 aliphatic heterocycles. The van der Waals surface area contributed by atoms with Crippen molar-refractivity contribution < 1.29 is 14.0 Å². The van der Waals surface area contributed by atoms with Crippen molar-refractivity contribution in [3.05, 3.63) is 58.0 Å². The quantitative estimate of drug-likeness (QED) is 0.835. The third kappa shape index (κ3) is 4.55. The second-order valence-corrected chi connectivity index (χ2v) is 6.88. The van der Waals surface area contributed by atoms with Crippen molar-refractivity contribution >= 4 is 35.0 Å². The molecule has 1 atom stereocenters. The predicted octanol–water partition coefficient (Wildman–Crippen LogP) is 3.29. The monoisotopic (exact) mass is 380 g/mol. The molecule has 0 unspecified atom stereocenters. The molecule has 1 saturated heterocycles. The lowest BCUT2D eigenvalue weighted by Gasteiger charge is -2.15. The molecule has 0 bridgehead atoms. The molecule has 1 fully saturated rings. The summed E-state index contributed by atoms with van der Waals surface area (Å²) in [5, 5.41) is 4.05. The summed E-state index contributed by atoms with van der Waals surface area (Å²) in [6.07, 6.45) is 2.41. The third-order valence-electron chi connectivity index (χ3n) is 4.22. The molecule has 1 aliphatic rings. The smallest absolute Gasteiger partial charge is 0.225 e. The molecule has 0 aliphatic carbocycles. The Morgan fingerprint density at radius 3 is 2.88 bits per heavy atom. The average Bonchev–Trinajstić information content (AvgIpc) is 3.20. The van der Waals surface area contributed by atoms with Gasteiger partial charge in [-0.05, 0) is 36.2 Å². The lowest BCUT2D eigenvalue weighted by atomic mass is 10.1. The number of hydrogen-bond donors (Lipinski definition) is 1. The summed E-state index contributed by atoms with van der Waals surface area (Å²) >= 11 is 12.0. The molecule has 0 saturated carbocycles. The number of halogens is 2. The normalized spacial score (nSPS) is 17.1. The van der Waals surface area contributed by atoms with E-state index in [2.05, 4.69) is 5.32 Å². The highest BCUT2D eigenvalue weighted by Crippen LogP contribution is 2.22. The van der Waals surface area contributed by atoms with Crippen LogP contribution in [0.25, 0.3) is 0 Å². The van der Waals surface area contributed by atoms with E-state index in [0.717, 1.165) is 5.56 Å². The van der Waals surface area contributed by atoms with Crippen molar-refractivity contribution in [2.24, 2.45) is 5.92 Å². The molecule has 7 heteroatoms. The minimum Gasteiger partial charge on any atom is -0.467 e. The first-order valence-electron chi connectivity index (χ1n) is 8.04. The largest absolute Gasteiger partial charge is 0.467 e. The van der Waals surface area contributed by atoms with Crippen LogP contribution in [0.15, 0.2) is 41.0 Å². The van der Waals surface area contributed by atoms with Crippen LogP contribution in [0, 0.1) is 5.92 Å². The Morgan fingerprint density at radius 2 is 2.16 bits per heavy atom. The van der Waals surface area contributed by atoms with E-state index in [1.807, 2.05) is 12.1 Å². The molecule has 1 aromatic heterocycles. The number of nitrogens with one attached hydrogen (secondary N) is 1. The van der Waals surface area contributed by atoms with Crippen LogP contribution < -0.4 is 5.32 Å².